The molecular weight excluding hydrogens is 494 g/mol. The molecule has 0 aliphatic rings. The van der Waals surface area contributed by atoms with Gasteiger partial charge in [-0.25, -0.2) is 4.79 Å². The van der Waals surface area contributed by atoms with Gasteiger partial charge in [0.1, 0.15) is 17.7 Å². The Bertz CT molecular complexity index is 912. The zero-order valence-electron chi connectivity index (χ0n) is 25.6. The lowest BCUT2D eigenvalue weighted by molar-refractivity contribution is -0.143. The zero-order valence-corrected chi connectivity index (χ0v) is 25.6. The Morgan fingerprint density at radius 1 is 0.974 bits per heavy atom. The van der Waals surface area contributed by atoms with Crippen molar-refractivity contribution in [3.05, 3.63) is 34.9 Å². The van der Waals surface area contributed by atoms with Crippen LogP contribution in [0.15, 0.2) is 18.2 Å². The van der Waals surface area contributed by atoms with E-state index in [0.29, 0.717) is 13.0 Å². The van der Waals surface area contributed by atoms with E-state index >= 15 is 0 Å². The number of carbonyl (C=O) groups is 3. The number of ether oxygens (including phenoxy) is 1. The Kier molecular flexibility index (Phi) is 15.1. The third-order valence-electron chi connectivity index (χ3n) is 6.61. The molecular formula is C31H53N3O5. The number of carbonyl (C=O) groups excluding carboxylic acids is 3. The van der Waals surface area contributed by atoms with Gasteiger partial charge in [-0.2, -0.15) is 0 Å². The normalized spacial score (nSPS) is 13.8. The second kappa shape index (κ2) is 17.2. The molecule has 0 saturated heterocycles. The van der Waals surface area contributed by atoms with Crippen molar-refractivity contribution in [2.75, 3.05) is 13.2 Å². The molecule has 1 aromatic carbocycles. The van der Waals surface area contributed by atoms with Crippen LogP contribution >= 0.6 is 0 Å². The number of aryl methyl sites for hydroxylation is 2. The summed E-state index contributed by atoms with van der Waals surface area (Å²) in [5.74, 6) is -0.779. The van der Waals surface area contributed by atoms with Gasteiger partial charge >= 0.3 is 6.09 Å². The number of nitrogens with zero attached hydrogens (tertiary/aromatic N) is 1. The summed E-state index contributed by atoms with van der Waals surface area (Å²) in [6, 6.07) is 3.68. The van der Waals surface area contributed by atoms with Crippen LogP contribution in [0.1, 0.15) is 116 Å². The molecule has 1 rings (SSSR count). The molecule has 0 fully saturated rings. The minimum absolute atomic E-state index is 0.0605. The molecule has 0 spiro atoms. The number of rotatable bonds is 16. The van der Waals surface area contributed by atoms with Gasteiger partial charge in [0.25, 0.3) is 0 Å². The second-order valence-electron chi connectivity index (χ2n) is 11.6. The Morgan fingerprint density at radius 3 is 2.21 bits per heavy atom. The highest BCUT2D eigenvalue weighted by molar-refractivity contribution is 5.92. The first-order valence-corrected chi connectivity index (χ1v) is 14.6. The van der Waals surface area contributed by atoms with Crippen LogP contribution in [-0.4, -0.2) is 58.8 Å². The number of aliphatic hydroxyl groups is 1. The van der Waals surface area contributed by atoms with Gasteiger partial charge < -0.3 is 25.4 Å². The largest absolute Gasteiger partial charge is 0.444 e. The summed E-state index contributed by atoms with van der Waals surface area (Å²) >= 11 is 0. The molecule has 0 aliphatic carbocycles. The maximum atomic E-state index is 14.0. The smallest absolute Gasteiger partial charge is 0.408 e. The highest BCUT2D eigenvalue weighted by atomic mass is 16.6. The average Bonchev–Trinajstić information content (AvgIpc) is 2.84. The number of nitrogens with one attached hydrogen (secondary N) is 2. The van der Waals surface area contributed by atoms with Crippen molar-refractivity contribution in [2.45, 2.75) is 130 Å². The molecule has 1 aromatic rings. The van der Waals surface area contributed by atoms with Crippen molar-refractivity contribution >= 4 is 17.9 Å². The van der Waals surface area contributed by atoms with Crippen LogP contribution in [0.5, 0.6) is 0 Å². The number of benzene rings is 1. The van der Waals surface area contributed by atoms with Gasteiger partial charge in [0.05, 0.1) is 6.61 Å². The Morgan fingerprint density at radius 2 is 1.62 bits per heavy atom. The van der Waals surface area contributed by atoms with E-state index in [0.717, 1.165) is 61.6 Å². The first-order chi connectivity index (χ1) is 18.3. The lowest BCUT2D eigenvalue weighted by atomic mass is 9.95. The molecule has 39 heavy (non-hydrogen) atoms. The van der Waals surface area contributed by atoms with Crippen molar-refractivity contribution in [2.24, 2.45) is 0 Å². The summed E-state index contributed by atoms with van der Waals surface area (Å²) in [4.78, 5) is 41.9. The molecule has 8 nitrogen and oxygen atoms in total. The highest BCUT2D eigenvalue weighted by Gasteiger charge is 2.37. The summed E-state index contributed by atoms with van der Waals surface area (Å²) in [5.41, 5.74) is 1.85. The highest BCUT2D eigenvalue weighted by Crippen LogP contribution is 2.28. The molecule has 3 amide bonds. The van der Waals surface area contributed by atoms with Crippen molar-refractivity contribution in [1.82, 2.24) is 15.5 Å². The van der Waals surface area contributed by atoms with Crippen molar-refractivity contribution in [3.63, 3.8) is 0 Å². The quantitative estimate of drug-likeness (QED) is 0.229. The Labute approximate surface area is 236 Å². The first kappa shape index (κ1) is 34.4. The second-order valence-corrected chi connectivity index (χ2v) is 11.6. The van der Waals surface area contributed by atoms with Gasteiger partial charge in [0, 0.05) is 12.6 Å². The Balaban J connectivity index is 3.44. The molecule has 0 heterocycles. The van der Waals surface area contributed by atoms with E-state index < -0.39 is 36.3 Å². The van der Waals surface area contributed by atoms with E-state index in [2.05, 4.69) is 24.5 Å². The number of unbranched alkanes of at least 4 members (excludes halogenated alkanes) is 5. The summed E-state index contributed by atoms with van der Waals surface area (Å²) in [7, 11) is 0. The fourth-order valence-corrected chi connectivity index (χ4v) is 4.60. The first-order valence-electron chi connectivity index (χ1n) is 14.6. The number of hydrogen-bond acceptors (Lipinski definition) is 5. The topological polar surface area (TPSA) is 108 Å². The lowest BCUT2D eigenvalue weighted by Gasteiger charge is -2.35. The maximum absolute atomic E-state index is 14.0. The van der Waals surface area contributed by atoms with Crippen LogP contribution in [0.2, 0.25) is 0 Å². The summed E-state index contributed by atoms with van der Waals surface area (Å²) in [5, 5.41) is 15.8. The van der Waals surface area contributed by atoms with Crippen LogP contribution in [-0.2, 0) is 14.3 Å². The standard InChI is InChI=1S/C31H53N3O5/c1-9-11-12-13-14-15-19-34(29(37)26(21-35)33-30(38)39-31(6,7)8)27(28(36)32-24(5)16-10-2)25-20-22(3)17-18-23(25)4/h17-18,20,24,26-27,35H,9-16,19,21H2,1-8H3,(H,32,36)(H,33,38). The molecule has 0 aliphatic heterocycles. The van der Waals surface area contributed by atoms with Gasteiger partial charge in [-0.15, -0.1) is 0 Å². The maximum Gasteiger partial charge on any atom is 0.408 e. The summed E-state index contributed by atoms with van der Waals surface area (Å²) in [6.07, 6.45) is 7.04. The SMILES string of the molecule is CCCCCCCCN(C(=O)C(CO)NC(=O)OC(C)(C)C)C(C(=O)NC(C)CCC)c1cc(C)ccc1C. The van der Waals surface area contributed by atoms with Crippen LogP contribution in [0.25, 0.3) is 0 Å². The molecule has 0 aromatic heterocycles. The third-order valence-corrected chi connectivity index (χ3v) is 6.61. The molecule has 3 atom stereocenters. The number of hydrogen-bond donors (Lipinski definition) is 3. The van der Waals surface area contributed by atoms with Crippen molar-refractivity contribution in [3.8, 4) is 0 Å². The van der Waals surface area contributed by atoms with Crippen LogP contribution in [0.3, 0.4) is 0 Å². The molecule has 0 bridgehead atoms. The fraction of sp³-hybridized carbons (Fsp3) is 0.710. The van der Waals surface area contributed by atoms with Crippen LogP contribution in [0.4, 0.5) is 4.79 Å². The van der Waals surface area contributed by atoms with Gasteiger partial charge in [0.2, 0.25) is 11.8 Å². The average molecular weight is 548 g/mol. The van der Waals surface area contributed by atoms with Gasteiger partial charge in [-0.3, -0.25) is 9.59 Å². The number of aliphatic hydroxyl groups excluding tert-OH is 1. The molecule has 3 N–H and O–H groups in total. The number of amides is 3. The number of alkyl carbamates (subject to hydrolysis) is 1. The minimum atomic E-state index is -1.24. The predicted octanol–water partition coefficient (Wildman–Crippen LogP) is 5.72. The molecule has 222 valence electrons. The summed E-state index contributed by atoms with van der Waals surface area (Å²) < 4.78 is 5.33. The van der Waals surface area contributed by atoms with Crippen LogP contribution in [0, 0.1) is 13.8 Å². The lowest BCUT2D eigenvalue weighted by Crippen LogP contribution is -2.55. The molecule has 0 radical (unpaired) electrons. The van der Waals surface area contributed by atoms with E-state index in [1.54, 1.807) is 20.8 Å². The Hall–Kier alpha value is -2.61. The molecule has 8 heteroatoms. The van der Waals surface area contributed by atoms with E-state index in [-0.39, 0.29) is 11.9 Å². The zero-order chi connectivity index (χ0) is 29.6. The van der Waals surface area contributed by atoms with E-state index in [9.17, 15) is 19.5 Å². The van der Waals surface area contributed by atoms with E-state index in [1.165, 1.54) is 4.90 Å². The van der Waals surface area contributed by atoms with E-state index in [4.69, 9.17) is 4.74 Å². The van der Waals surface area contributed by atoms with Gasteiger partial charge in [-0.05, 0) is 65.5 Å². The predicted molar refractivity (Wildman–Crippen MR) is 157 cm³/mol. The van der Waals surface area contributed by atoms with Crippen molar-refractivity contribution in [1.29, 1.82) is 0 Å². The minimum Gasteiger partial charge on any atom is -0.444 e. The van der Waals surface area contributed by atoms with Gasteiger partial charge in [-0.1, -0.05) is 76.1 Å². The van der Waals surface area contributed by atoms with Crippen LogP contribution < -0.4 is 10.6 Å². The molecule has 3 unspecified atom stereocenters. The van der Waals surface area contributed by atoms with Gasteiger partial charge in [0.15, 0.2) is 0 Å². The third kappa shape index (κ3) is 12.4. The van der Waals surface area contributed by atoms with E-state index in [1.807, 2.05) is 39.0 Å². The fourth-order valence-electron chi connectivity index (χ4n) is 4.60. The molecule has 0 saturated carbocycles. The van der Waals surface area contributed by atoms with Crippen molar-refractivity contribution < 1.29 is 24.2 Å². The monoisotopic (exact) mass is 547 g/mol. The summed E-state index contributed by atoms with van der Waals surface area (Å²) in [6.45, 7) is 15.0.